The van der Waals surface area contributed by atoms with Gasteiger partial charge in [0.05, 0.1) is 0 Å². The first-order chi connectivity index (χ1) is 7.33. The zero-order chi connectivity index (χ0) is 10.7. The summed E-state index contributed by atoms with van der Waals surface area (Å²) in [5.41, 5.74) is 2.68. The molecule has 0 spiro atoms. The molecular weight excluding hydrogens is 208 g/mol. The predicted molar refractivity (Wildman–Crippen MR) is 62.4 cm³/mol. The maximum absolute atomic E-state index is 10.3. The van der Waals surface area contributed by atoms with Crippen molar-refractivity contribution in [3.8, 4) is 0 Å². The number of hydrogen-bond donors (Lipinski definition) is 0. The first-order valence-electron chi connectivity index (χ1n) is 5.54. The Morgan fingerprint density at radius 2 is 2.20 bits per heavy atom. The molecule has 1 aromatic carbocycles. The van der Waals surface area contributed by atoms with Crippen LogP contribution in [0, 0.1) is 0 Å². The largest absolute Gasteiger partial charge is 0.303 e. The number of benzene rings is 1. The molecule has 1 aliphatic rings. The predicted octanol–water partition coefficient (Wildman–Crippen LogP) is 3.74. The Bertz CT molecular complexity index is 356. The van der Waals surface area contributed by atoms with Gasteiger partial charge in [0.25, 0.3) is 0 Å². The van der Waals surface area contributed by atoms with Gasteiger partial charge in [0.15, 0.2) is 0 Å². The minimum absolute atomic E-state index is 0.649. The Morgan fingerprint density at radius 1 is 1.40 bits per heavy atom. The van der Waals surface area contributed by atoms with Gasteiger partial charge in [-0.05, 0) is 48.8 Å². The van der Waals surface area contributed by atoms with Crippen LogP contribution < -0.4 is 0 Å². The van der Waals surface area contributed by atoms with Crippen LogP contribution in [-0.2, 0) is 11.2 Å². The molecule has 0 amide bonds. The molecule has 1 saturated carbocycles. The molecular formula is C13H15ClO. The quantitative estimate of drug-likeness (QED) is 0.548. The molecule has 2 rings (SSSR count). The molecule has 1 nitrogen and oxygen atoms in total. The summed E-state index contributed by atoms with van der Waals surface area (Å²) in [5.74, 6) is 0.685. The van der Waals surface area contributed by atoms with Gasteiger partial charge in [0.1, 0.15) is 6.29 Å². The number of unbranched alkanes of at least 4 members (excludes halogenated alkanes) is 1. The minimum Gasteiger partial charge on any atom is -0.303 e. The average molecular weight is 223 g/mol. The molecule has 1 fully saturated rings. The molecule has 1 aliphatic carbocycles. The van der Waals surface area contributed by atoms with E-state index in [0.29, 0.717) is 12.3 Å². The summed E-state index contributed by atoms with van der Waals surface area (Å²) in [6.45, 7) is 0. The molecule has 0 radical (unpaired) electrons. The van der Waals surface area contributed by atoms with Crippen LogP contribution in [0.3, 0.4) is 0 Å². The summed E-state index contributed by atoms with van der Waals surface area (Å²) < 4.78 is 0. The fraction of sp³-hybridized carbons (Fsp3) is 0.462. The average Bonchev–Trinajstić information content (AvgIpc) is 3.02. The second-order valence-electron chi connectivity index (χ2n) is 4.15. The van der Waals surface area contributed by atoms with E-state index < -0.39 is 0 Å². The zero-order valence-electron chi connectivity index (χ0n) is 8.71. The molecule has 0 heterocycles. The van der Waals surface area contributed by atoms with Crippen LogP contribution in [0.25, 0.3) is 0 Å². The van der Waals surface area contributed by atoms with Crippen molar-refractivity contribution in [1.82, 2.24) is 0 Å². The lowest BCUT2D eigenvalue weighted by Gasteiger charge is -2.09. The second-order valence-corrected chi connectivity index (χ2v) is 4.55. The van der Waals surface area contributed by atoms with E-state index in [-0.39, 0.29) is 0 Å². The lowest BCUT2D eigenvalue weighted by Crippen LogP contribution is -1.94. The van der Waals surface area contributed by atoms with Crippen molar-refractivity contribution < 1.29 is 4.79 Å². The fourth-order valence-corrected chi connectivity index (χ4v) is 2.35. The highest BCUT2D eigenvalue weighted by Crippen LogP contribution is 2.45. The van der Waals surface area contributed by atoms with Crippen molar-refractivity contribution in [2.75, 3.05) is 0 Å². The first kappa shape index (κ1) is 10.7. The molecule has 0 unspecified atom stereocenters. The van der Waals surface area contributed by atoms with Crippen molar-refractivity contribution in [1.29, 1.82) is 0 Å². The Kier molecular flexibility index (Phi) is 3.42. The van der Waals surface area contributed by atoms with Gasteiger partial charge >= 0.3 is 0 Å². The molecule has 0 bridgehead atoms. The van der Waals surface area contributed by atoms with Crippen molar-refractivity contribution in [2.24, 2.45) is 0 Å². The van der Waals surface area contributed by atoms with Crippen molar-refractivity contribution >= 4 is 17.9 Å². The molecule has 0 aromatic heterocycles. The van der Waals surface area contributed by atoms with Crippen LogP contribution in [0.2, 0.25) is 5.02 Å². The number of carbonyl (C=O) groups excluding carboxylic acids is 1. The Labute approximate surface area is 95.4 Å². The molecule has 15 heavy (non-hydrogen) atoms. The number of aryl methyl sites for hydroxylation is 1. The first-order valence-corrected chi connectivity index (χ1v) is 5.91. The van der Waals surface area contributed by atoms with Gasteiger partial charge in [0.2, 0.25) is 0 Å². The molecule has 0 N–H and O–H groups in total. The maximum atomic E-state index is 10.3. The smallest absolute Gasteiger partial charge is 0.120 e. The highest BCUT2D eigenvalue weighted by molar-refractivity contribution is 6.31. The summed E-state index contributed by atoms with van der Waals surface area (Å²) >= 11 is 6.21. The number of carbonyl (C=O) groups is 1. The normalized spacial score (nSPS) is 15.3. The van der Waals surface area contributed by atoms with Gasteiger partial charge in [-0.1, -0.05) is 23.7 Å². The highest BCUT2D eigenvalue weighted by atomic mass is 35.5. The van der Waals surface area contributed by atoms with E-state index in [1.54, 1.807) is 0 Å². The zero-order valence-corrected chi connectivity index (χ0v) is 9.46. The van der Waals surface area contributed by atoms with Gasteiger partial charge < -0.3 is 4.79 Å². The van der Waals surface area contributed by atoms with E-state index in [0.717, 1.165) is 24.2 Å². The summed E-state index contributed by atoms with van der Waals surface area (Å²) in [6, 6.07) is 6.12. The minimum atomic E-state index is 0.649. The van der Waals surface area contributed by atoms with Gasteiger partial charge in [0, 0.05) is 11.4 Å². The second kappa shape index (κ2) is 4.80. The molecule has 2 heteroatoms. The molecule has 0 saturated heterocycles. The Balaban J connectivity index is 2.13. The number of rotatable bonds is 5. The summed E-state index contributed by atoms with van der Waals surface area (Å²) in [6.07, 6.45) is 6.08. The summed E-state index contributed by atoms with van der Waals surface area (Å²) in [4.78, 5) is 10.3. The van der Waals surface area contributed by atoms with Gasteiger partial charge in [-0.25, -0.2) is 0 Å². The monoisotopic (exact) mass is 222 g/mol. The van der Waals surface area contributed by atoms with Crippen molar-refractivity contribution in [2.45, 2.75) is 38.0 Å². The van der Waals surface area contributed by atoms with E-state index in [2.05, 4.69) is 6.07 Å². The van der Waals surface area contributed by atoms with Gasteiger partial charge in [-0.15, -0.1) is 0 Å². The number of aldehydes is 1. The SMILES string of the molecule is O=CCCCc1cccc(Cl)c1C1CC1. The molecule has 0 aliphatic heterocycles. The van der Waals surface area contributed by atoms with Crippen molar-refractivity contribution in [3.05, 3.63) is 34.3 Å². The Hall–Kier alpha value is -0.820. The van der Waals surface area contributed by atoms with E-state index in [1.807, 2.05) is 12.1 Å². The topological polar surface area (TPSA) is 17.1 Å². The number of hydrogen-bond acceptors (Lipinski definition) is 1. The van der Waals surface area contributed by atoms with Crippen LogP contribution in [0.1, 0.15) is 42.7 Å². The summed E-state index contributed by atoms with van der Waals surface area (Å²) in [5, 5.41) is 0.904. The van der Waals surface area contributed by atoms with Crippen LogP contribution in [0.4, 0.5) is 0 Å². The van der Waals surface area contributed by atoms with Crippen LogP contribution in [0.5, 0.6) is 0 Å². The maximum Gasteiger partial charge on any atom is 0.120 e. The standard InChI is InChI=1S/C13H15ClO/c14-12-6-3-5-10(4-1-2-9-15)13(12)11-7-8-11/h3,5-6,9,11H,1-2,4,7-8H2. The van der Waals surface area contributed by atoms with Crippen LogP contribution in [-0.4, -0.2) is 6.29 Å². The molecule has 80 valence electrons. The highest BCUT2D eigenvalue weighted by Gasteiger charge is 2.27. The Morgan fingerprint density at radius 3 is 2.87 bits per heavy atom. The summed E-state index contributed by atoms with van der Waals surface area (Å²) in [7, 11) is 0. The molecule has 0 atom stereocenters. The number of halogens is 1. The van der Waals surface area contributed by atoms with E-state index in [1.165, 1.54) is 24.0 Å². The van der Waals surface area contributed by atoms with E-state index in [4.69, 9.17) is 11.6 Å². The van der Waals surface area contributed by atoms with Gasteiger partial charge in [-0.2, -0.15) is 0 Å². The lowest BCUT2D eigenvalue weighted by atomic mass is 9.99. The molecule has 1 aromatic rings. The lowest BCUT2D eigenvalue weighted by molar-refractivity contribution is -0.107. The van der Waals surface area contributed by atoms with E-state index >= 15 is 0 Å². The fourth-order valence-electron chi connectivity index (χ4n) is 2.00. The van der Waals surface area contributed by atoms with Gasteiger partial charge in [-0.3, -0.25) is 0 Å². The third-order valence-corrected chi connectivity index (χ3v) is 3.23. The third-order valence-electron chi connectivity index (χ3n) is 2.90. The van der Waals surface area contributed by atoms with Crippen LogP contribution >= 0.6 is 11.6 Å². The third kappa shape index (κ3) is 2.60. The van der Waals surface area contributed by atoms with E-state index in [9.17, 15) is 4.79 Å². The van der Waals surface area contributed by atoms with Crippen molar-refractivity contribution in [3.63, 3.8) is 0 Å². The van der Waals surface area contributed by atoms with Crippen LogP contribution in [0.15, 0.2) is 18.2 Å².